The van der Waals surface area contributed by atoms with Crippen LogP contribution >= 0.6 is 11.6 Å². The van der Waals surface area contributed by atoms with E-state index in [9.17, 15) is 0 Å². The normalized spacial score (nSPS) is 12.3. The molecule has 0 aliphatic carbocycles. The lowest BCUT2D eigenvalue weighted by molar-refractivity contribution is 0.0526. The molecule has 0 aliphatic rings. The van der Waals surface area contributed by atoms with Gasteiger partial charge in [-0.15, -0.1) is 0 Å². The molecule has 2 N–H and O–H groups in total. The molecule has 1 atom stereocenters. The second kappa shape index (κ2) is 5.89. The zero-order valence-corrected chi connectivity index (χ0v) is 11.0. The van der Waals surface area contributed by atoms with Crippen molar-refractivity contribution in [2.75, 3.05) is 5.73 Å². The quantitative estimate of drug-likeness (QED) is 0.837. The Bertz CT molecular complexity index is 510. The number of ether oxygens (including phenoxy) is 1. The zero-order valence-electron chi connectivity index (χ0n) is 10.3. The minimum atomic E-state index is 0.0178. The minimum Gasteiger partial charge on any atom is -0.399 e. The van der Waals surface area contributed by atoms with E-state index in [1.165, 1.54) is 0 Å². The predicted octanol–water partition coefficient (Wildman–Crippen LogP) is 4.20. The number of rotatable bonds is 4. The third kappa shape index (κ3) is 3.49. The Hall–Kier alpha value is -1.51. The fourth-order valence-corrected chi connectivity index (χ4v) is 1.84. The summed E-state index contributed by atoms with van der Waals surface area (Å²) < 4.78 is 5.81. The molecule has 1 unspecified atom stereocenters. The highest BCUT2D eigenvalue weighted by atomic mass is 35.5. The summed E-state index contributed by atoms with van der Waals surface area (Å²) in [5.41, 5.74) is 8.70. The Morgan fingerprint density at radius 1 is 1.17 bits per heavy atom. The van der Waals surface area contributed by atoms with Gasteiger partial charge in [0.15, 0.2) is 0 Å². The van der Waals surface area contributed by atoms with E-state index in [0.29, 0.717) is 6.61 Å². The maximum absolute atomic E-state index is 5.83. The van der Waals surface area contributed by atoms with Crippen LogP contribution in [0.3, 0.4) is 0 Å². The minimum absolute atomic E-state index is 0.0178. The highest BCUT2D eigenvalue weighted by Crippen LogP contribution is 2.20. The van der Waals surface area contributed by atoms with Gasteiger partial charge in [0.05, 0.1) is 12.7 Å². The Balaban J connectivity index is 1.96. The second-order valence-corrected chi connectivity index (χ2v) is 4.69. The van der Waals surface area contributed by atoms with E-state index >= 15 is 0 Å². The van der Waals surface area contributed by atoms with Crippen molar-refractivity contribution in [1.82, 2.24) is 0 Å². The first-order valence-corrected chi connectivity index (χ1v) is 6.24. The summed E-state index contributed by atoms with van der Waals surface area (Å²) in [6.45, 7) is 2.58. The third-order valence-corrected chi connectivity index (χ3v) is 3.05. The molecule has 94 valence electrons. The van der Waals surface area contributed by atoms with Crippen molar-refractivity contribution in [3.05, 3.63) is 64.7 Å². The van der Waals surface area contributed by atoms with E-state index in [1.54, 1.807) is 0 Å². The molecule has 0 heterocycles. The van der Waals surface area contributed by atoms with Gasteiger partial charge in [0, 0.05) is 10.7 Å². The highest BCUT2D eigenvalue weighted by Gasteiger charge is 2.06. The van der Waals surface area contributed by atoms with Gasteiger partial charge in [-0.25, -0.2) is 0 Å². The number of hydrogen-bond donors (Lipinski definition) is 1. The van der Waals surface area contributed by atoms with Crippen LogP contribution < -0.4 is 5.73 Å². The second-order valence-electron chi connectivity index (χ2n) is 4.25. The van der Waals surface area contributed by atoms with E-state index in [1.807, 2.05) is 55.5 Å². The number of benzene rings is 2. The van der Waals surface area contributed by atoms with E-state index in [0.717, 1.165) is 21.8 Å². The maximum Gasteiger partial charge on any atom is 0.0802 e. The number of halogens is 1. The summed E-state index contributed by atoms with van der Waals surface area (Å²) in [6, 6.07) is 15.4. The number of nitrogens with two attached hydrogens (primary N) is 1. The summed E-state index contributed by atoms with van der Waals surface area (Å²) >= 11 is 5.83. The molecule has 0 radical (unpaired) electrons. The number of hydrogen-bond acceptors (Lipinski definition) is 2. The lowest BCUT2D eigenvalue weighted by Gasteiger charge is -2.14. The van der Waals surface area contributed by atoms with Crippen LogP contribution in [0.1, 0.15) is 24.2 Å². The summed E-state index contributed by atoms with van der Waals surface area (Å²) in [4.78, 5) is 0. The summed E-state index contributed by atoms with van der Waals surface area (Å²) in [7, 11) is 0. The molecule has 2 aromatic rings. The van der Waals surface area contributed by atoms with Crippen molar-refractivity contribution in [2.24, 2.45) is 0 Å². The summed E-state index contributed by atoms with van der Waals surface area (Å²) in [5.74, 6) is 0. The van der Waals surface area contributed by atoms with Crippen molar-refractivity contribution in [1.29, 1.82) is 0 Å². The molecule has 2 nitrogen and oxygen atoms in total. The van der Waals surface area contributed by atoms with Gasteiger partial charge in [-0.05, 0) is 42.3 Å². The van der Waals surface area contributed by atoms with Gasteiger partial charge in [0.25, 0.3) is 0 Å². The molecule has 2 aromatic carbocycles. The molecule has 0 aliphatic heterocycles. The highest BCUT2D eigenvalue weighted by molar-refractivity contribution is 6.30. The SMILES string of the molecule is CC(OCc1ccc(Cl)cc1)c1cccc(N)c1. The van der Waals surface area contributed by atoms with Crippen LogP contribution in [0.4, 0.5) is 5.69 Å². The van der Waals surface area contributed by atoms with Crippen LogP contribution in [0.15, 0.2) is 48.5 Å². The molecule has 0 saturated heterocycles. The molecule has 3 heteroatoms. The molecule has 0 amide bonds. The Labute approximate surface area is 112 Å². The molecule has 0 saturated carbocycles. The average Bonchev–Trinajstić information content (AvgIpc) is 2.38. The lowest BCUT2D eigenvalue weighted by Crippen LogP contribution is -2.01. The smallest absolute Gasteiger partial charge is 0.0802 e. The molecular formula is C15H16ClNO. The van der Waals surface area contributed by atoms with Crippen molar-refractivity contribution in [3.8, 4) is 0 Å². The van der Waals surface area contributed by atoms with Crippen LogP contribution in [0.5, 0.6) is 0 Å². The van der Waals surface area contributed by atoms with Crippen LogP contribution in [0, 0.1) is 0 Å². The first kappa shape index (κ1) is 12.9. The predicted molar refractivity (Wildman–Crippen MR) is 75.5 cm³/mol. The Morgan fingerprint density at radius 3 is 2.56 bits per heavy atom. The van der Waals surface area contributed by atoms with Crippen molar-refractivity contribution >= 4 is 17.3 Å². The van der Waals surface area contributed by atoms with E-state index in [4.69, 9.17) is 22.1 Å². The summed E-state index contributed by atoms with van der Waals surface area (Å²) in [6.07, 6.45) is 0.0178. The van der Waals surface area contributed by atoms with Gasteiger partial charge in [-0.1, -0.05) is 35.9 Å². The average molecular weight is 262 g/mol. The van der Waals surface area contributed by atoms with Gasteiger partial charge >= 0.3 is 0 Å². The van der Waals surface area contributed by atoms with Crippen LogP contribution in [0.2, 0.25) is 5.02 Å². The van der Waals surface area contributed by atoms with Gasteiger partial charge in [0.1, 0.15) is 0 Å². The number of nitrogen functional groups attached to an aromatic ring is 1. The molecule has 0 bridgehead atoms. The maximum atomic E-state index is 5.83. The molecule has 0 aromatic heterocycles. The molecule has 2 rings (SSSR count). The van der Waals surface area contributed by atoms with E-state index in [2.05, 4.69) is 0 Å². The monoisotopic (exact) mass is 261 g/mol. The molecule has 0 fully saturated rings. The van der Waals surface area contributed by atoms with Crippen molar-refractivity contribution in [3.63, 3.8) is 0 Å². The molecule has 18 heavy (non-hydrogen) atoms. The fraction of sp³-hybridized carbons (Fsp3) is 0.200. The first-order valence-electron chi connectivity index (χ1n) is 5.86. The van der Waals surface area contributed by atoms with Crippen LogP contribution in [0.25, 0.3) is 0 Å². The Kier molecular flexibility index (Phi) is 4.24. The van der Waals surface area contributed by atoms with E-state index < -0.39 is 0 Å². The summed E-state index contributed by atoms with van der Waals surface area (Å²) in [5, 5.41) is 0.739. The van der Waals surface area contributed by atoms with Gasteiger partial charge in [-0.3, -0.25) is 0 Å². The molecule has 0 spiro atoms. The van der Waals surface area contributed by atoms with Gasteiger partial charge in [0.2, 0.25) is 0 Å². The lowest BCUT2D eigenvalue weighted by atomic mass is 10.1. The number of anilines is 1. The molecular weight excluding hydrogens is 246 g/mol. The van der Waals surface area contributed by atoms with Crippen molar-refractivity contribution in [2.45, 2.75) is 19.6 Å². The largest absolute Gasteiger partial charge is 0.399 e. The van der Waals surface area contributed by atoms with Crippen LogP contribution in [-0.4, -0.2) is 0 Å². The van der Waals surface area contributed by atoms with E-state index in [-0.39, 0.29) is 6.10 Å². The fourth-order valence-electron chi connectivity index (χ4n) is 1.71. The van der Waals surface area contributed by atoms with Gasteiger partial charge in [-0.2, -0.15) is 0 Å². The standard InChI is InChI=1S/C15H16ClNO/c1-11(13-3-2-4-15(17)9-13)18-10-12-5-7-14(16)8-6-12/h2-9,11H,10,17H2,1H3. The topological polar surface area (TPSA) is 35.2 Å². The van der Waals surface area contributed by atoms with Crippen LogP contribution in [-0.2, 0) is 11.3 Å². The zero-order chi connectivity index (χ0) is 13.0. The van der Waals surface area contributed by atoms with Gasteiger partial charge < -0.3 is 10.5 Å². The first-order chi connectivity index (χ1) is 8.65. The Morgan fingerprint density at radius 2 is 1.89 bits per heavy atom. The third-order valence-electron chi connectivity index (χ3n) is 2.79. The van der Waals surface area contributed by atoms with Crippen molar-refractivity contribution < 1.29 is 4.74 Å².